The molecular formula is C52H82N4O5S9. The van der Waals surface area contributed by atoms with E-state index in [2.05, 4.69) is 25.5 Å². The summed E-state index contributed by atoms with van der Waals surface area (Å²) >= 11 is 13.6. The number of thioether (sulfide) groups is 8. The zero-order chi connectivity index (χ0) is 52.4. The molecule has 0 amide bonds. The second-order valence-corrected chi connectivity index (χ2v) is 34.1. The van der Waals surface area contributed by atoms with Gasteiger partial charge in [0.15, 0.2) is 23.1 Å². The number of rotatable bonds is 19. The van der Waals surface area contributed by atoms with Crippen molar-refractivity contribution in [3.05, 3.63) is 48.0 Å². The normalized spacial score (nSPS) is 23.8. The molecule has 70 heavy (non-hydrogen) atoms. The lowest BCUT2D eigenvalue weighted by Crippen LogP contribution is -2.47. The second kappa shape index (κ2) is 27.5. The van der Waals surface area contributed by atoms with Crippen LogP contribution in [0.25, 0.3) is 10.8 Å². The first-order chi connectivity index (χ1) is 33.4. The van der Waals surface area contributed by atoms with Crippen molar-refractivity contribution >= 4 is 139 Å². The Kier molecular flexibility index (Phi) is 23.3. The van der Waals surface area contributed by atoms with Crippen LogP contribution in [0.15, 0.2) is 42.5 Å². The molecule has 6 aliphatic rings. The van der Waals surface area contributed by atoms with Gasteiger partial charge in [-0.25, -0.2) is 8.93 Å². The van der Waals surface area contributed by atoms with Crippen LogP contribution in [0, 0.1) is 17.8 Å². The van der Waals surface area contributed by atoms with E-state index in [1.165, 1.54) is 56.1 Å². The van der Waals surface area contributed by atoms with Crippen molar-refractivity contribution in [3.63, 3.8) is 0 Å². The van der Waals surface area contributed by atoms with Gasteiger partial charge in [-0.15, -0.1) is 94.1 Å². The molecule has 2 aromatic rings. The van der Waals surface area contributed by atoms with E-state index in [1.54, 1.807) is 84.4 Å². The summed E-state index contributed by atoms with van der Waals surface area (Å²) in [5.41, 5.74) is 19.3. The minimum absolute atomic E-state index is 0.00231. The SMILES string of the molecule is CC(=O)C1(C(N)CC(C)C)SCCS1.CC(=O)C1(C(N)CC2CC2)SCCS1.CCCC(N)C1(C(=O)CC2CC2)SCCS1.[2H]C(NS(=O)C(C)(C)C)(c1ccc2ccccc2c1)C1(C(C)=O)SCCS1. The first-order valence-electron chi connectivity index (χ1n) is 25.6. The van der Waals surface area contributed by atoms with Crippen molar-refractivity contribution in [2.75, 3.05) is 46.0 Å². The van der Waals surface area contributed by atoms with E-state index in [-0.39, 0.29) is 47.7 Å². The fraction of sp³-hybridized carbons (Fsp3) is 0.731. The lowest BCUT2D eigenvalue weighted by molar-refractivity contribution is -0.120. The summed E-state index contributed by atoms with van der Waals surface area (Å²) in [5.74, 6) is 10.9. The van der Waals surface area contributed by atoms with Gasteiger partial charge in [0.2, 0.25) is 0 Å². The van der Waals surface area contributed by atoms with Gasteiger partial charge in [-0.2, -0.15) is 0 Å². The molecule has 2 aromatic carbocycles. The average Bonchev–Trinajstić information content (AvgIpc) is 3.93. The molecular weight excluding hydrogens is 1050 g/mol. The molecule has 394 valence electrons. The molecule has 4 aliphatic heterocycles. The Hall–Kier alpha value is 0.170. The maximum absolute atomic E-state index is 13.0. The number of carbonyl (C=O) groups is 4. The van der Waals surface area contributed by atoms with Crippen LogP contribution in [0.2, 0.25) is 0 Å². The molecule has 8 rings (SSSR count). The maximum atomic E-state index is 13.0. The molecule has 2 saturated carbocycles. The Morgan fingerprint density at radius 2 is 1.11 bits per heavy atom. The first kappa shape index (κ1) is 59.4. The third-order valence-corrected chi connectivity index (χ3v) is 29.5. The molecule has 4 saturated heterocycles. The standard InChI is InChI=1S/C20H25NO2S3.C12H21NOS2.C10H17NOS2.C10H19NOS2/c1-14(22)20(24-11-12-25-20)18(21-26(23)19(2,3)4)17-10-9-15-7-5-6-8-16(15)13-17;1-2-3-10(13)12(15-6-7-16-12)11(14)8-9-4-5-9;1-7(12)10(13-4-5-14-10)9(11)6-8-2-3-8;1-7(2)6-9(11)10(8(3)12)13-4-5-14-10/h5-10,13,18,21H,11-12H2,1-4H3;9-10H,2-8,13H2,1H3;8-9H,2-6,11H2,1H3;7,9H,4-6,11H2,1-3H3/i18D;;;. The molecule has 2 aliphatic carbocycles. The predicted octanol–water partition coefficient (Wildman–Crippen LogP) is 11.4. The fourth-order valence-corrected chi connectivity index (χ4v) is 22.4. The van der Waals surface area contributed by atoms with E-state index in [0.29, 0.717) is 23.2 Å². The Balaban J connectivity index is 0.000000185. The topological polar surface area (TPSA) is 175 Å². The summed E-state index contributed by atoms with van der Waals surface area (Å²) in [6.07, 6.45) is 9.92. The summed E-state index contributed by atoms with van der Waals surface area (Å²) in [7, 11) is -1.50. The lowest BCUT2D eigenvalue weighted by atomic mass is 9.98. The first-order valence-corrected chi connectivity index (χ1v) is 34.1. The largest absolute Gasteiger partial charge is 0.325 e. The molecule has 0 aromatic heterocycles. The third-order valence-electron chi connectivity index (χ3n) is 13.0. The van der Waals surface area contributed by atoms with Crippen LogP contribution in [0.5, 0.6) is 0 Å². The number of benzene rings is 2. The monoisotopic (exact) mass is 1130 g/mol. The van der Waals surface area contributed by atoms with Crippen molar-refractivity contribution < 1.29 is 24.8 Å². The highest BCUT2D eigenvalue weighted by Crippen LogP contribution is 2.54. The second-order valence-electron chi connectivity index (χ2n) is 20.5. The highest BCUT2D eigenvalue weighted by atomic mass is 32.2. The van der Waals surface area contributed by atoms with Crippen LogP contribution in [-0.4, -0.2) is 113 Å². The zero-order valence-corrected chi connectivity index (χ0v) is 50.3. The summed E-state index contributed by atoms with van der Waals surface area (Å²) in [6, 6.07) is 12.3. The van der Waals surface area contributed by atoms with E-state index in [4.69, 9.17) is 17.2 Å². The summed E-state index contributed by atoms with van der Waals surface area (Å²) in [5, 5.41) is 2.07. The van der Waals surface area contributed by atoms with Gasteiger partial charge >= 0.3 is 0 Å². The third kappa shape index (κ3) is 15.9. The van der Waals surface area contributed by atoms with E-state index in [0.717, 1.165) is 94.8 Å². The highest BCUT2D eigenvalue weighted by Gasteiger charge is 2.51. The number of fused-ring (bicyclic) bond motifs is 1. The average molecular weight is 1130 g/mol. The smallest absolute Gasteiger partial charge is 0.160 e. The van der Waals surface area contributed by atoms with Gasteiger partial charge in [-0.1, -0.05) is 76.4 Å². The van der Waals surface area contributed by atoms with Crippen LogP contribution < -0.4 is 21.9 Å². The Bertz CT molecular complexity index is 2090. The van der Waals surface area contributed by atoms with Crippen LogP contribution in [0.4, 0.5) is 0 Å². The van der Waals surface area contributed by atoms with Gasteiger partial charge in [-0.05, 0) is 114 Å². The number of nitrogens with one attached hydrogen (secondary N) is 1. The summed E-state index contributed by atoms with van der Waals surface area (Å²) in [6.45, 7) is 16.9. The molecule has 4 heterocycles. The van der Waals surface area contributed by atoms with E-state index in [1.807, 2.05) is 63.2 Å². The van der Waals surface area contributed by atoms with Crippen molar-refractivity contribution in [3.8, 4) is 0 Å². The molecule has 5 atom stereocenters. The van der Waals surface area contributed by atoms with Gasteiger partial charge in [0.05, 0.1) is 23.1 Å². The molecule has 5 unspecified atom stereocenters. The fourth-order valence-electron chi connectivity index (χ4n) is 8.82. The number of hydrogen-bond donors (Lipinski definition) is 4. The van der Waals surface area contributed by atoms with Gasteiger partial charge in [0.25, 0.3) is 0 Å². The van der Waals surface area contributed by atoms with Gasteiger partial charge in [0, 0.05) is 70.6 Å². The van der Waals surface area contributed by atoms with E-state index < -0.39 is 25.8 Å². The zero-order valence-electron chi connectivity index (χ0n) is 44.0. The highest BCUT2D eigenvalue weighted by molar-refractivity contribution is 8.23. The molecule has 7 N–H and O–H groups in total. The number of carbonyl (C=O) groups excluding carboxylic acids is 4. The van der Waals surface area contributed by atoms with Gasteiger partial charge < -0.3 is 17.2 Å². The molecule has 18 heteroatoms. The number of hydrogen-bond acceptors (Lipinski definition) is 16. The molecule has 9 nitrogen and oxygen atoms in total. The Morgan fingerprint density at radius 3 is 1.54 bits per heavy atom. The van der Waals surface area contributed by atoms with Gasteiger partial charge in [0.1, 0.15) is 16.3 Å². The van der Waals surface area contributed by atoms with Crippen molar-refractivity contribution in [1.29, 1.82) is 0 Å². The van der Waals surface area contributed by atoms with Gasteiger partial charge in [-0.3, -0.25) is 19.2 Å². The lowest BCUT2D eigenvalue weighted by Gasteiger charge is -2.36. The molecule has 0 spiro atoms. The molecule has 0 radical (unpaired) electrons. The number of nitrogens with two attached hydrogens (primary N) is 3. The van der Waals surface area contributed by atoms with Crippen LogP contribution in [0.3, 0.4) is 0 Å². The van der Waals surface area contributed by atoms with Crippen molar-refractivity contribution in [2.24, 2.45) is 35.0 Å². The Labute approximate surface area is 459 Å². The van der Waals surface area contributed by atoms with Crippen LogP contribution in [0.1, 0.15) is 133 Å². The van der Waals surface area contributed by atoms with Crippen LogP contribution in [-0.2, 0) is 30.2 Å². The van der Waals surface area contributed by atoms with E-state index in [9.17, 15) is 24.8 Å². The van der Waals surface area contributed by atoms with E-state index >= 15 is 0 Å². The Morgan fingerprint density at radius 1 is 0.671 bits per heavy atom. The van der Waals surface area contributed by atoms with Crippen molar-refractivity contribution in [1.82, 2.24) is 4.72 Å². The maximum Gasteiger partial charge on any atom is 0.160 e. The number of ketones is 4. The summed E-state index contributed by atoms with van der Waals surface area (Å²) in [4.78, 5) is 48.6. The minimum Gasteiger partial charge on any atom is -0.325 e. The summed E-state index contributed by atoms with van der Waals surface area (Å²) < 4.78 is 23.0. The molecule has 0 bridgehead atoms. The molecule has 6 fully saturated rings. The van der Waals surface area contributed by atoms with Crippen LogP contribution >= 0.6 is 94.1 Å². The van der Waals surface area contributed by atoms with Crippen molar-refractivity contribution in [2.45, 2.75) is 165 Å². The number of Topliss-reactive ketones (excluding diaryl/α,β-unsaturated/α-hetero) is 4. The minimum atomic E-state index is -1.51. The quantitative estimate of drug-likeness (QED) is 0.104. The predicted molar refractivity (Wildman–Crippen MR) is 318 cm³/mol.